The number of rotatable bonds is 5. The van der Waals surface area contributed by atoms with Gasteiger partial charge in [-0.25, -0.2) is 9.59 Å². The van der Waals surface area contributed by atoms with Gasteiger partial charge in [0.1, 0.15) is 6.04 Å². The van der Waals surface area contributed by atoms with Crippen molar-refractivity contribution in [3.8, 4) is 0 Å². The molecule has 4 aromatic rings. The van der Waals surface area contributed by atoms with Gasteiger partial charge in [0.15, 0.2) is 6.35 Å². The van der Waals surface area contributed by atoms with Gasteiger partial charge in [-0.1, -0.05) is 84.9 Å². The Morgan fingerprint density at radius 2 is 1.23 bits per heavy atom. The van der Waals surface area contributed by atoms with E-state index in [9.17, 15) is 19.8 Å². The Morgan fingerprint density at radius 1 is 0.721 bits per heavy atom. The molecule has 0 spiro atoms. The van der Waals surface area contributed by atoms with Crippen molar-refractivity contribution in [2.45, 2.75) is 37.3 Å². The largest absolute Gasteiger partial charge is 0.480 e. The monoisotopic (exact) mass is 572 g/mol. The fourth-order valence-electron chi connectivity index (χ4n) is 6.88. The number of carboxylic acids is 1. The summed E-state index contributed by atoms with van der Waals surface area (Å²) >= 11 is 0. The van der Waals surface area contributed by atoms with Crippen LogP contribution in [0, 0.1) is 0 Å². The molecule has 3 aliphatic heterocycles. The molecule has 2 amide bonds. The van der Waals surface area contributed by atoms with E-state index < -0.39 is 24.4 Å². The molecular weight excluding hydrogens is 540 g/mol. The summed E-state index contributed by atoms with van der Waals surface area (Å²) < 4.78 is 0. The smallest absolute Gasteiger partial charge is 0.330 e. The minimum atomic E-state index is -1.15. The minimum absolute atomic E-state index is 0.176. The Bertz CT molecular complexity index is 1590. The Balaban J connectivity index is 1.26. The number of aliphatic carboxylic acids is 1. The molecule has 8 heteroatoms. The molecule has 2 saturated heterocycles. The zero-order chi connectivity index (χ0) is 29.5. The van der Waals surface area contributed by atoms with Gasteiger partial charge < -0.3 is 20.0 Å². The van der Waals surface area contributed by atoms with Gasteiger partial charge in [-0.3, -0.25) is 9.80 Å². The molecule has 4 atom stereocenters. The van der Waals surface area contributed by atoms with Crippen molar-refractivity contribution in [2.24, 2.45) is 0 Å². The van der Waals surface area contributed by atoms with Crippen LogP contribution in [0.2, 0.25) is 0 Å². The standard InChI is InChI=1S/C35H32N4O4/c40-33(41)32-31-22-21-28(38(31)35(43)37(26-13-3-1-4-14-26)27-15-5-2-6-16-27)23-36(32)34(42)39-29-17-9-7-11-24(29)19-20-25-12-8-10-18-30(25)39/h1-20,28,31-32,35,43H,21-23H2,(H,40,41)/t28-,31+,32-,35?/m0/s1. The number of fused-ring (bicyclic) bond motifs is 4. The number of aliphatic hydroxyl groups excluding tert-OH is 1. The number of para-hydroxylation sites is 4. The highest BCUT2D eigenvalue weighted by Crippen LogP contribution is 2.42. The summed E-state index contributed by atoms with van der Waals surface area (Å²) in [5, 5.41) is 22.7. The highest BCUT2D eigenvalue weighted by atomic mass is 16.4. The number of likely N-dealkylation sites (tertiary alicyclic amines) is 1. The fraction of sp³-hybridized carbons (Fsp3) is 0.200. The third-order valence-electron chi connectivity index (χ3n) is 8.76. The fourth-order valence-corrected chi connectivity index (χ4v) is 6.88. The maximum atomic E-state index is 14.6. The number of piperazine rings is 1. The van der Waals surface area contributed by atoms with Crippen LogP contribution in [-0.4, -0.2) is 63.0 Å². The third-order valence-corrected chi connectivity index (χ3v) is 8.76. The van der Waals surface area contributed by atoms with Crippen LogP contribution in [0.3, 0.4) is 0 Å². The molecule has 1 unspecified atom stereocenters. The normalized spacial score (nSPS) is 21.5. The van der Waals surface area contributed by atoms with Gasteiger partial charge in [-0.2, -0.15) is 0 Å². The van der Waals surface area contributed by atoms with Crippen LogP contribution in [0.15, 0.2) is 109 Å². The molecule has 0 aromatic heterocycles. The van der Waals surface area contributed by atoms with Crippen LogP contribution in [0.25, 0.3) is 12.2 Å². The summed E-state index contributed by atoms with van der Waals surface area (Å²) in [6.07, 6.45) is 4.05. The summed E-state index contributed by atoms with van der Waals surface area (Å²) in [5.41, 5.74) is 4.72. The van der Waals surface area contributed by atoms with Crippen molar-refractivity contribution in [3.63, 3.8) is 0 Å². The lowest BCUT2D eigenvalue weighted by atomic mass is 10.0. The van der Waals surface area contributed by atoms with Crippen LogP contribution < -0.4 is 9.80 Å². The van der Waals surface area contributed by atoms with E-state index >= 15 is 0 Å². The Labute approximate surface area is 250 Å². The molecule has 2 N–H and O–H groups in total. The van der Waals surface area contributed by atoms with E-state index in [1.54, 1.807) is 4.90 Å². The van der Waals surface area contributed by atoms with Crippen molar-refractivity contribution in [3.05, 3.63) is 120 Å². The molecule has 2 fully saturated rings. The molecule has 0 saturated carbocycles. The number of carbonyl (C=O) groups excluding carboxylic acids is 1. The summed E-state index contributed by atoms with van der Waals surface area (Å²) in [4.78, 5) is 34.5. The topological polar surface area (TPSA) is 87.6 Å². The van der Waals surface area contributed by atoms with Gasteiger partial charge in [-0.05, 0) is 60.4 Å². The Kier molecular flexibility index (Phi) is 6.93. The van der Waals surface area contributed by atoms with Crippen LogP contribution in [0.5, 0.6) is 0 Å². The van der Waals surface area contributed by atoms with Crippen LogP contribution >= 0.6 is 0 Å². The van der Waals surface area contributed by atoms with Crippen molar-refractivity contribution in [1.82, 2.24) is 9.80 Å². The zero-order valence-corrected chi connectivity index (χ0v) is 23.5. The van der Waals surface area contributed by atoms with Gasteiger partial charge >= 0.3 is 12.0 Å². The maximum absolute atomic E-state index is 14.6. The van der Waals surface area contributed by atoms with E-state index in [0.29, 0.717) is 24.2 Å². The first kappa shape index (κ1) is 26.9. The lowest BCUT2D eigenvalue weighted by Crippen LogP contribution is -2.68. The lowest BCUT2D eigenvalue weighted by Gasteiger charge is -2.49. The molecule has 3 aliphatic rings. The van der Waals surface area contributed by atoms with Crippen molar-refractivity contribution >= 4 is 46.9 Å². The number of carboxylic acid groups (broad SMARTS) is 1. The highest BCUT2D eigenvalue weighted by Gasteiger charge is 2.54. The number of aliphatic hydroxyl groups is 1. The number of nitrogens with zero attached hydrogens (tertiary/aromatic N) is 4. The number of urea groups is 1. The van der Waals surface area contributed by atoms with Gasteiger partial charge in [0.2, 0.25) is 0 Å². The lowest BCUT2D eigenvalue weighted by molar-refractivity contribution is -0.151. The average molecular weight is 573 g/mol. The summed E-state index contributed by atoms with van der Waals surface area (Å²) in [6.45, 7) is 0.176. The first-order chi connectivity index (χ1) is 21.0. The van der Waals surface area contributed by atoms with E-state index in [1.165, 1.54) is 4.90 Å². The predicted octanol–water partition coefficient (Wildman–Crippen LogP) is 6.14. The molecule has 216 valence electrons. The molecule has 4 aromatic carbocycles. The number of hydrogen-bond acceptors (Lipinski definition) is 5. The van der Waals surface area contributed by atoms with Gasteiger partial charge in [0, 0.05) is 30.0 Å². The van der Waals surface area contributed by atoms with Crippen LogP contribution in [-0.2, 0) is 4.79 Å². The number of carbonyl (C=O) groups is 2. The van der Waals surface area contributed by atoms with Crippen molar-refractivity contribution < 1.29 is 19.8 Å². The van der Waals surface area contributed by atoms with Gasteiger partial charge in [-0.15, -0.1) is 0 Å². The third kappa shape index (κ3) is 4.65. The molecule has 3 heterocycles. The molecule has 2 bridgehead atoms. The van der Waals surface area contributed by atoms with E-state index in [1.807, 2.05) is 131 Å². The van der Waals surface area contributed by atoms with Crippen molar-refractivity contribution in [2.75, 3.05) is 16.3 Å². The Morgan fingerprint density at radius 3 is 1.77 bits per heavy atom. The average Bonchev–Trinajstić information content (AvgIpc) is 3.23. The number of benzene rings is 4. The van der Waals surface area contributed by atoms with E-state index in [2.05, 4.69) is 0 Å². The molecule has 0 radical (unpaired) electrons. The number of hydrogen-bond donors (Lipinski definition) is 2. The van der Waals surface area contributed by atoms with Gasteiger partial charge in [0.05, 0.1) is 11.4 Å². The summed E-state index contributed by atoms with van der Waals surface area (Å²) in [5.74, 6) is -1.09. The quantitative estimate of drug-likeness (QED) is 0.279. The van der Waals surface area contributed by atoms with E-state index in [-0.39, 0.29) is 18.6 Å². The Hall–Kier alpha value is -4.92. The van der Waals surface area contributed by atoms with E-state index in [4.69, 9.17) is 0 Å². The second-order valence-corrected chi connectivity index (χ2v) is 11.1. The molecular formula is C35H32N4O4. The molecule has 0 aliphatic carbocycles. The second-order valence-electron chi connectivity index (χ2n) is 11.1. The number of anilines is 4. The SMILES string of the molecule is O=C(O)[C@@H]1[C@H]2CC[C@@H](CN1C(=O)N1c3ccccc3C=Cc3ccccc31)N2C(O)N(c1ccccc1)c1ccccc1. The molecule has 7 rings (SSSR count). The molecule has 8 nitrogen and oxygen atoms in total. The summed E-state index contributed by atoms with van der Waals surface area (Å²) in [7, 11) is 0. The number of amides is 2. The van der Waals surface area contributed by atoms with Crippen LogP contribution in [0.4, 0.5) is 27.5 Å². The minimum Gasteiger partial charge on any atom is -0.480 e. The first-order valence-electron chi connectivity index (χ1n) is 14.6. The van der Waals surface area contributed by atoms with Gasteiger partial charge in [0.25, 0.3) is 0 Å². The maximum Gasteiger partial charge on any atom is 0.330 e. The zero-order valence-electron chi connectivity index (χ0n) is 23.5. The molecule has 43 heavy (non-hydrogen) atoms. The highest BCUT2D eigenvalue weighted by molar-refractivity contribution is 6.06. The van der Waals surface area contributed by atoms with Crippen molar-refractivity contribution in [1.29, 1.82) is 0 Å². The van der Waals surface area contributed by atoms with E-state index in [0.717, 1.165) is 22.5 Å². The summed E-state index contributed by atoms with van der Waals surface area (Å²) in [6, 6.07) is 32.1. The first-order valence-corrected chi connectivity index (χ1v) is 14.6. The predicted molar refractivity (Wildman–Crippen MR) is 167 cm³/mol. The second kappa shape index (κ2) is 11.1. The van der Waals surface area contributed by atoms with Crippen LogP contribution in [0.1, 0.15) is 24.0 Å².